The number of fused-ring (bicyclic) bond motifs is 1. The Morgan fingerprint density at radius 1 is 0.792 bits per heavy atom. The van der Waals surface area contributed by atoms with Gasteiger partial charge in [-0.05, 0) is 12.0 Å². The molecule has 3 aromatic rings. The first-order chi connectivity index (χ1) is 23.5. The van der Waals surface area contributed by atoms with Crippen LogP contribution in [0.5, 0.6) is 0 Å². The fourth-order valence-electron chi connectivity index (χ4n) is 5.56. The first-order valence-electron chi connectivity index (χ1n) is 18.2. The van der Waals surface area contributed by atoms with E-state index in [1.54, 1.807) is 10.9 Å². The topological polar surface area (TPSA) is 144 Å². The molecule has 0 saturated carbocycles. The van der Waals surface area contributed by atoms with Gasteiger partial charge in [0.2, 0.25) is 0 Å². The summed E-state index contributed by atoms with van der Waals surface area (Å²) < 4.78 is 38.6. The van der Waals surface area contributed by atoms with Crippen LogP contribution in [0.3, 0.4) is 0 Å². The van der Waals surface area contributed by atoms with E-state index in [1.165, 1.54) is 96.2 Å². The van der Waals surface area contributed by atoms with Gasteiger partial charge in [-0.3, -0.25) is 4.57 Å². The summed E-state index contributed by atoms with van der Waals surface area (Å²) in [5, 5.41) is 10.00. The van der Waals surface area contributed by atoms with Gasteiger partial charge in [-0.25, -0.2) is 15.0 Å². The van der Waals surface area contributed by atoms with Gasteiger partial charge in [0.15, 0.2) is 11.5 Å². The molecule has 1 aromatic carbocycles. The maximum atomic E-state index is 13.7. The standard InChI is InChI=1S/C36H60N5O6P/c1-2-3-4-5-6-7-8-9-10-11-12-13-14-15-16-20-23-44-24-25-46-48(43,47-28-32-21-18-17-19-22-32)31-45-33(27-42)26-41-30-40-34-35(37)38-29-39-36(34)41/h17-19,21-22,29-30,33,42H,2-16,20,23-28,31H2,1H3,(H2,37,38,39)/t33?,48-/m1/s1. The van der Waals surface area contributed by atoms with E-state index in [2.05, 4.69) is 21.9 Å². The smallest absolute Gasteiger partial charge is 0.356 e. The van der Waals surface area contributed by atoms with Gasteiger partial charge in [0, 0.05) is 6.61 Å². The Hall–Kier alpha value is -2.40. The van der Waals surface area contributed by atoms with Crippen molar-refractivity contribution in [2.45, 2.75) is 129 Å². The molecule has 1 unspecified atom stereocenters. The van der Waals surface area contributed by atoms with E-state index in [0.717, 1.165) is 18.4 Å². The summed E-state index contributed by atoms with van der Waals surface area (Å²) >= 11 is 0. The van der Waals surface area contributed by atoms with Crippen molar-refractivity contribution < 1.29 is 28.2 Å². The Balaban J connectivity index is 1.27. The molecule has 0 aliphatic carbocycles. The summed E-state index contributed by atoms with van der Waals surface area (Å²) in [6.45, 7) is 3.34. The average Bonchev–Trinajstić information content (AvgIpc) is 3.52. The van der Waals surface area contributed by atoms with Crippen LogP contribution in [0.2, 0.25) is 0 Å². The van der Waals surface area contributed by atoms with E-state index < -0.39 is 13.7 Å². The maximum Gasteiger partial charge on any atom is 0.356 e. The van der Waals surface area contributed by atoms with Crippen LogP contribution in [0, 0.1) is 0 Å². The van der Waals surface area contributed by atoms with Crippen molar-refractivity contribution in [3.05, 3.63) is 48.5 Å². The van der Waals surface area contributed by atoms with Crippen LogP contribution in [0.15, 0.2) is 43.0 Å². The number of hydrogen-bond acceptors (Lipinski definition) is 10. The molecule has 0 spiro atoms. The minimum Gasteiger partial charge on any atom is -0.394 e. The molecule has 0 amide bonds. The Morgan fingerprint density at radius 3 is 2.04 bits per heavy atom. The lowest BCUT2D eigenvalue weighted by molar-refractivity contribution is 0.0124. The van der Waals surface area contributed by atoms with E-state index in [4.69, 9.17) is 24.3 Å². The van der Waals surface area contributed by atoms with Crippen LogP contribution in [0.25, 0.3) is 11.2 Å². The lowest BCUT2D eigenvalue weighted by Gasteiger charge is -2.22. The van der Waals surface area contributed by atoms with Gasteiger partial charge in [-0.15, -0.1) is 0 Å². The number of imidazole rings is 1. The van der Waals surface area contributed by atoms with E-state index in [1.807, 2.05) is 30.3 Å². The van der Waals surface area contributed by atoms with E-state index >= 15 is 0 Å². The second-order valence-corrected chi connectivity index (χ2v) is 14.5. The number of aromatic nitrogens is 4. The van der Waals surface area contributed by atoms with Crippen molar-refractivity contribution in [1.82, 2.24) is 19.5 Å². The predicted molar refractivity (Wildman–Crippen MR) is 192 cm³/mol. The fraction of sp³-hybridized carbons (Fsp3) is 0.694. The predicted octanol–water partition coefficient (Wildman–Crippen LogP) is 8.45. The maximum absolute atomic E-state index is 13.7. The van der Waals surface area contributed by atoms with Gasteiger partial charge >= 0.3 is 7.60 Å². The minimum absolute atomic E-state index is 0.105. The van der Waals surface area contributed by atoms with Crippen molar-refractivity contribution in [3.8, 4) is 0 Å². The quantitative estimate of drug-likeness (QED) is 0.0517. The number of rotatable bonds is 30. The first kappa shape index (κ1) is 40.0. The zero-order chi connectivity index (χ0) is 34.1. The molecule has 0 radical (unpaired) electrons. The second-order valence-electron chi connectivity index (χ2n) is 12.5. The molecular formula is C36H60N5O6P. The van der Waals surface area contributed by atoms with Gasteiger partial charge in [0.25, 0.3) is 0 Å². The summed E-state index contributed by atoms with van der Waals surface area (Å²) in [4.78, 5) is 12.4. The Kier molecular flexibility index (Phi) is 20.6. The molecule has 48 heavy (non-hydrogen) atoms. The highest BCUT2D eigenvalue weighted by atomic mass is 31.2. The number of aliphatic hydroxyl groups is 1. The van der Waals surface area contributed by atoms with Crippen LogP contribution >= 0.6 is 7.60 Å². The zero-order valence-electron chi connectivity index (χ0n) is 29.2. The Morgan fingerprint density at radius 2 is 1.42 bits per heavy atom. The van der Waals surface area contributed by atoms with E-state index in [0.29, 0.717) is 24.4 Å². The number of benzene rings is 1. The highest BCUT2D eigenvalue weighted by Crippen LogP contribution is 2.49. The third kappa shape index (κ3) is 16.3. The molecule has 0 bridgehead atoms. The molecule has 2 aromatic heterocycles. The van der Waals surface area contributed by atoms with Crippen molar-refractivity contribution in [1.29, 1.82) is 0 Å². The van der Waals surface area contributed by atoms with Crippen LogP contribution in [0.4, 0.5) is 5.82 Å². The van der Waals surface area contributed by atoms with Crippen LogP contribution in [-0.2, 0) is 36.2 Å². The number of ether oxygens (including phenoxy) is 2. The van der Waals surface area contributed by atoms with Crippen LogP contribution in [-0.4, -0.2) is 63.5 Å². The summed E-state index contributed by atoms with van der Waals surface area (Å²) in [5.74, 6) is 0.268. The summed E-state index contributed by atoms with van der Waals surface area (Å²) in [6, 6.07) is 9.47. The minimum atomic E-state index is -3.68. The Bertz CT molecular complexity index is 1280. The first-order valence-corrected chi connectivity index (χ1v) is 19.9. The van der Waals surface area contributed by atoms with Crippen LogP contribution < -0.4 is 5.73 Å². The molecule has 0 fully saturated rings. The second kappa shape index (κ2) is 24.7. The summed E-state index contributed by atoms with van der Waals surface area (Å²) in [7, 11) is -3.68. The van der Waals surface area contributed by atoms with Gasteiger partial charge in [-0.1, -0.05) is 134 Å². The van der Waals surface area contributed by atoms with Crippen molar-refractivity contribution >= 4 is 24.6 Å². The number of aliphatic hydroxyl groups excluding tert-OH is 1. The lowest BCUT2D eigenvalue weighted by Crippen LogP contribution is -2.25. The van der Waals surface area contributed by atoms with Gasteiger partial charge in [-0.2, -0.15) is 0 Å². The van der Waals surface area contributed by atoms with Crippen LogP contribution in [0.1, 0.15) is 115 Å². The normalized spacial score (nSPS) is 13.6. The van der Waals surface area contributed by atoms with Gasteiger partial charge in [0.05, 0.1) is 45.4 Å². The number of unbranched alkanes of at least 4 members (excludes halogenated alkanes) is 15. The number of nitrogens with zero attached hydrogens (tertiary/aromatic N) is 4. The molecule has 3 N–H and O–H groups in total. The number of anilines is 1. The van der Waals surface area contributed by atoms with Crippen molar-refractivity contribution in [2.24, 2.45) is 0 Å². The number of nitrogen functional groups attached to an aromatic ring is 1. The Labute approximate surface area is 287 Å². The average molecular weight is 690 g/mol. The molecule has 0 saturated heterocycles. The number of hydrogen-bond donors (Lipinski definition) is 2. The monoisotopic (exact) mass is 689 g/mol. The molecule has 3 rings (SSSR count). The third-order valence-corrected chi connectivity index (χ3v) is 9.99. The molecule has 0 aliphatic rings. The largest absolute Gasteiger partial charge is 0.394 e. The van der Waals surface area contributed by atoms with Gasteiger partial charge in [0.1, 0.15) is 18.2 Å². The molecule has 270 valence electrons. The molecule has 2 heterocycles. The SMILES string of the molecule is CCCCCCCCCCCCCCCCCCOCCO[P@](=O)(COC(CO)Cn1cnc2c(N)ncnc21)OCc1ccccc1. The third-order valence-electron chi connectivity index (χ3n) is 8.43. The summed E-state index contributed by atoms with van der Waals surface area (Å²) in [5.41, 5.74) is 7.73. The highest BCUT2D eigenvalue weighted by molar-refractivity contribution is 7.53. The molecular weight excluding hydrogens is 629 g/mol. The molecule has 0 aliphatic heterocycles. The zero-order valence-corrected chi connectivity index (χ0v) is 30.1. The van der Waals surface area contributed by atoms with E-state index in [-0.39, 0.29) is 38.5 Å². The number of nitrogens with two attached hydrogens (primary N) is 1. The highest BCUT2D eigenvalue weighted by Gasteiger charge is 2.28. The van der Waals surface area contributed by atoms with Gasteiger partial charge < -0.3 is 33.9 Å². The molecule has 12 heteroatoms. The van der Waals surface area contributed by atoms with Crippen molar-refractivity contribution in [3.63, 3.8) is 0 Å². The van der Waals surface area contributed by atoms with E-state index in [9.17, 15) is 9.67 Å². The fourth-order valence-corrected chi connectivity index (χ4v) is 6.88. The summed E-state index contributed by atoms with van der Waals surface area (Å²) in [6.07, 6.45) is 23.2. The molecule has 2 atom stereocenters. The van der Waals surface area contributed by atoms with Crippen molar-refractivity contribution in [2.75, 3.05) is 38.5 Å². The lowest BCUT2D eigenvalue weighted by atomic mass is 10.0. The molecule has 11 nitrogen and oxygen atoms in total.